The average Bonchev–Trinajstić information content (AvgIpc) is 2.89. The summed E-state index contributed by atoms with van der Waals surface area (Å²) in [5.41, 5.74) is 4.82. The maximum atomic E-state index is 6.33. The normalized spacial score (nSPS) is 18.0. The Morgan fingerprint density at radius 3 is 2.25 bits per heavy atom. The molecule has 0 amide bonds. The molecule has 1 aliphatic rings. The maximum Gasteiger partial charge on any atom is 0.119 e. The molecule has 0 radical (unpaired) electrons. The van der Waals surface area contributed by atoms with E-state index >= 15 is 0 Å². The zero-order valence-corrected chi connectivity index (χ0v) is 21.4. The highest BCUT2D eigenvalue weighted by Gasteiger charge is 2.27. The summed E-state index contributed by atoms with van der Waals surface area (Å²) in [6, 6.07) is 20.3. The number of rotatable bonds is 5. The second-order valence-electron chi connectivity index (χ2n) is 9.34. The summed E-state index contributed by atoms with van der Waals surface area (Å²) in [5.74, 6) is 0.806. The Hall–Kier alpha value is -3.28. The van der Waals surface area contributed by atoms with Crippen molar-refractivity contribution in [3.8, 4) is 5.75 Å². The molecule has 1 aliphatic carbocycles. The number of aromatic nitrogens is 2. The van der Waals surface area contributed by atoms with Crippen LogP contribution in [0.5, 0.6) is 5.75 Å². The van der Waals surface area contributed by atoms with Crippen LogP contribution in [-0.4, -0.2) is 29.2 Å². The van der Waals surface area contributed by atoms with Gasteiger partial charge in [0.25, 0.3) is 0 Å². The third-order valence-electron chi connectivity index (χ3n) is 7.08. The molecule has 1 saturated carbocycles. The first-order valence-corrected chi connectivity index (χ1v) is 13.0. The number of anilines is 2. The van der Waals surface area contributed by atoms with Gasteiger partial charge in [-0.05, 0) is 73.5 Å². The van der Waals surface area contributed by atoms with Crippen LogP contribution in [0.3, 0.4) is 0 Å². The molecule has 6 rings (SSSR count). The molecule has 0 saturated heterocycles. The van der Waals surface area contributed by atoms with Crippen molar-refractivity contribution in [3.63, 3.8) is 0 Å². The molecular formula is C29H26Cl2N4O. The molecule has 5 aromatic rings. The first-order valence-electron chi connectivity index (χ1n) is 12.2. The van der Waals surface area contributed by atoms with E-state index in [9.17, 15) is 0 Å². The highest BCUT2D eigenvalue weighted by atomic mass is 35.5. The lowest BCUT2D eigenvalue weighted by Crippen LogP contribution is -2.41. The highest BCUT2D eigenvalue weighted by molar-refractivity contribution is 6.31. The van der Waals surface area contributed by atoms with Crippen molar-refractivity contribution in [2.75, 3.05) is 17.7 Å². The van der Waals surface area contributed by atoms with E-state index in [1.807, 2.05) is 54.7 Å². The van der Waals surface area contributed by atoms with Gasteiger partial charge in [0.1, 0.15) is 5.75 Å². The first kappa shape index (κ1) is 23.1. The van der Waals surface area contributed by atoms with Crippen molar-refractivity contribution < 1.29 is 4.74 Å². The predicted octanol–water partition coefficient (Wildman–Crippen LogP) is 8.09. The molecule has 0 aliphatic heterocycles. The topological polar surface area (TPSA) is 59.1 Å². The third kappa shape index (κ3) is 4.38. The molecule has 0 unspecified atom stereocenters. The molecule has 2 heterocycles. The zero-order chi connectivity index (χ0) is 24.6. The van der Waals surface area contributed by atoms with Crippen molar-refractivity contribution in [1.82, 2.24) is 9.97 Å². The van der Waals surface area contributed by atoms with E-state index in [1.54, 1.807) is 7.11 Å². The molecule has 7 heteroatoms. The smallest absolute Gasteiger partial charge is 0.119 e. The lowest BCUT2D eigenvalue weighted by Gasteiger charge is -2.35. The number of ether oxygens (including phenoxy) is 1. The van der Waals surface area contributed by atoms with E-state index in [1.165, 1.54) is 12.8 Å². The molecular weight excluding hydrogens is 491 g/mol. The second kappa shape index (κ2) is 9.64. The third-order valence-corrected chi connectivity index (χ3v) is 7.55. The first-order chi connectivity index (χ1) is 17.6. The van der Waals surface area contributed by atoms with Crippen molar-refractivity contribution in [3.05, 3.63) is 76.9 Å². The Labute approximate surface area is 219 Å². The predicted molar refractivity (Wildman–Crippen MR) is 151 cm³/mol. The number of benzene rings is 3. The summed E-state index contributed by atoms with van der Waals surface area (Å²) in [6.07, 6.45) is 6.34. The molecule has 0 bridgehead atoms. The van der Waals surface area contributed by atoms with Gasteiger partial charge in [-0.1, -0.05) is 36.0 Å². The molecule has 1 fully saturated rings. The van der Waals surface area contributed by atoms with Crippen LogP contribution in [0.2, 0.25) is 10.0 Å². The molecule has 2 aromatic heterocycles. The van der Waals surface area contributed by atoms with Gasteiger partial charge < -0.3 is 15.4 Å². The van der Waals surface area contributed by atoms with Crippen LogP contribution in [0.25, 0.3) is 32.7 Å². The number of nitrogens with one attached hydrogen (secondary N) is 2. The monoisotopic (exact) mass is 516 g/mol. The Morgan fingerprint density at radius 2 is 1.47 bits per heavy atom. The Kier molecular flexibility index (Phi) is 6.20. The summed E-state index contributed by atoms with van der Waals surface area (Å²) in [7, 11) is 1.69. The van der Waals surface area contributed by atoms with Crippen LogP contribution in [0.15, 0.2) is 66.9 Å². The molecule has 36 heavy (non-hydrogen) atoms. The lowest BCUT2D eigenvalue weighted by atomic mass is 9.89. The van der Waals surface area contributed by atoms with E-state index in [0.717, 1.165) is 62.7 Å². The van der Waals surface area contributed by atoms with E-state index in [4.69, 9.17) is 32.9 Å². The molecule has 5 nitrogen and oxygen atoms in total. The number of pyridine rings is 2. The van der Waals surface area contributed by atoms with Gasteiger partial charge in [0.05, 0.1) is 29.3 Å². The number of hydrogen-bond acceptors (Lipinski definition) is 5. The molecule has 3 aromatic carbocycles. The van der Waals surface area contributed by atoms with E-state index < -0.39 is 0 Å². The summed E-state index contributed by atoms with van der Waals surface area (Å²) in [5, 5.41) is 12.3. The summed E-state index contributed by atoms with van der Waals surface area (Å²) in [6.45, 7) is 0. The molecule has 182 valence electrons. The number of hydrogen-bond donors (Lipinski definition) is 2. The number of methoxy groups -OCH3 is 1. The van der Waals surface area contributed by atoms with Crippen LogP contribution in [-0.2, 0) is 0 Å². The Morgan fingerprint density at radius 1 is 0.750 bits per heavy atom. The van der Waals surface area contributed by atoms with Gasteiger partial charge in [-0.3, -0.25) is 4.98 Å². The molecule has 0 spiro atoms. The number of nitrogens with zero attached hydrogens (tertiary/aromatic N) is 2. The van der Waals surface area contributed by atoms with Crippen LogP contribution in [0, 0.1) is 0 Å². The number of fused-ring (bicyclic) bond motifs is 3. The summed E-state index contributed by atoms with van der Waals surface area (Å²) >= 11 is 12.5. The van der Waals surface area contributed by atoms with Gasteiger partial charge in [0.15, 0.2) is 0 Å². The SMILES string of the molecule is COc1ccc2nc3cc(Cl)ccc3c(N[C@H]3CCCC[C@@H]3Nc3ccnc4cc(Cl)ccc34)c2c1. The minimum absolute atomic E-state index is 0.227. The highest BCUT2D eigenvalue weighted by Crippen LogP contribution is 2.37. The summed E-state index contributed by atoms with van der Waals surface area (Å²) < 4.78 is 5.54. The average molecular weight is 517 g/mol. The van der Waals surface area contributed by atoms with Crippen LogP contribution in [0.1, 0.15) is 25.7 Å². The van der Waals surface area contributed by atoms with Crippen LogP contribution in [0.4, 0.5) is 11.4 Å². The fraction of sp³-hybridized carbons (Fsp3) is 0.241. The zero-order valence-electron chi connectivity index (χ0n) is 19.9. The van der Waals surface area contributed by atoms with Gasteiger partial charge in [-0.25, -0.2) is 4.98 Å². The van der Waals surface area contributed by atoms with Crippen molar-refractivity contribution in [2.24, 2.45) is 0 Å². The van der Waals surface area contributed by atoms with Gasteiger partial charge in [-0.2, -0.15) is 0 Å². The van der Waals surface area contributed by atoms with Gasteiger partial charge in [0, 0.05) is 50.2 Å². The van der Waals surface area contributed by atoms with E-state index in [0.29, 0.717) is 10.0 Å². The van der Waals surface area contributed by atoms with E-state index in [-0.39, 0.29) is 12.1 Å². The molecule has 2 atom stereocenters. The van der Waals surface area contributed by atoms with Crippen LogP contribution >= 0.6 is 23.2 Å². The van der Waals surface area contributed by atoms with E-state index in [2.05, 4.69) is 27.8 Å². The van der Waals surface area contributed by atoms with Crippen molar-refractivity contribution >= 4 is 67.3 Å². The Bertz CT molecular complexity index is 1590. The van der Waals surface area contributed by atoms with Gasteiger partial charge in [-0.15, -0.1) is 0 Å². The minimum atomic E-state index is 0.227. The van der Waals surface area contributed by atoms with Crippen molar-refractivity contribution in [2.45, 2.75) is 37.8 Å². The molecule has 2 N–H and O–H groups in total. The van der Waals surface area contributed by atoms with Crippen molar-refractivity contribution in [1.29, 1.82) is 0 Å². The maximum absolute atomic E-state index is 6.33. The number of halogens is 2. The fourth-order valence-corrected chi connectivity index (χ4v) is 5.62. The largest absolute Gasteiger partial charge is 0.497 e. The van der Waals surface area contributed by atoms with Crippen LogP contribution < -0.4 is 15.4 Å². The standard InChI is InChI=1S/C29H26Cl2N4O/c1-36-19-8-11-23-22(16-19)29(21-10-7-18(31)15-28(21)34-23)35-26-5-3-2-4-25(26)33-24-12-13-32-27-14-17(30)6-9-20(24)27/h6-16,25-26H,2-5H2,1H3,(H,32,33)(H,34,35)/t25-,26-/m0/s1. The fourth-order valence-electron chi connectivity index (χ4n) is 5.29. The van der Waals surface area contributed by atoms with Gasteiger partial charge >= 0.3 is 0 Å². The summed E-state index contributed by atoms with van der Waals surface area (Å²) in [4.78, 5) is 9.39. The Balaban J connectivity index is 1.41. The lowest BCUT2D eigenvalue weighted by molar-refractivity contribution is 0.415. The minimum Gasteiger partial charge on any atom is -0.497 e. The van der Waals surface area contributed by atoms with Gasteiger partial charge in [0.2, 0.25) is 0 Å². The second-order valence-corrected chi connectivity index (χ2v) is 10.2. The quantitative estimate of drug-likeness (QED) is 0.231.